The molecule has 9 nitrogen and oxygen atoms in total. The quantitative estimate of drug-likeness (QED) is 0.197. The van der Waals surface area contributed by atoms with Gasteiger partial charge in [-0.3, -0.25) is 14.5 Å². The second-order valence-corrected chi connectivity index (χ2v) is 9.71. The zero-order valence-corrected chi connectivity index (χ0v) is 22.7. The Hall–Kier alpha value is -4.73. The molecule has 216 valence electrons. The molecule has 0 saturated carbocycles. The molecular formula is C30H27F3N6O3. The predicted molar refractivity (Wildman–Crippen MR) is 149 cm³/mol. The molecule has 3 heterocycles. The molecule has 42 heavy (non-hydrogen) atoms. The van der Waals surface area contributed by atoms with Crippen molar-refractivity contribution in [1.82, 2.24) is 24.8 Å². The molecule has 2 aromatic carbocycles. The van der Waals surface area contributed by atoms with Crippen LogP contribution < -0.4 is 10.6 Å². The standard InChI is InChI=1S/C30H27F3N6O3/c1-20-4-5-22(15-21(20)7-9-25-18-35-27-3-2-10-36-39(25)27)29(41)37-24-8-6-23(26(16-24)30(31,32)33)17-34-11-12-38-13-14-42-28(40)19-38/h2-6,8,10,15-16,18,34H,11-14,17,19H2,1H3,(H,37,41). The topological polar surface area (TPSA) is 101 Å². The minimum atomic E-state index is -4.62. The maximum absolute atomic E-state index is 13.9. The van der Waals surface area contributed by atoms with Crippen LogP contribution in [0.4, 0.5) is 18.9 Å². The van der Waals surface area contributed by atoms with Crippen LogP contribution in [0.25, 0.3) is 5.65 Å². The van der Waals surface area contributed by atoms with Crippen LogP contribution in [0.5, 0.6) is 0 Å². The highest BCUT2D eigenvalue weighted by molar-refractivity contribution is 6.04. The molecule has 2 aromatic heterocycles. The number of imidazole rings is 1. The van der Waals surface area contributed by atoms with Gasteiger partial charge in [0.1, 0.15) is 12.3 Å². The van der Waals surface area contributed by atoms with Crippen molar-refractivity contribution >= 4 is 23.2 Å². The number of amides is 1. The first-order chi connectivity index (χ1) is 20.2. The summed E-state index contributed by atoms with van der Waals surface area (Å²) >= 11 is 0. The van der Waals surface area contributed by atoms with Crippen molar-refractivity contribution in [3.05, 3.63) is 94.4 Å². The van der Waals surface area contributed by atoms with Crippen LogP contribution in [-0.4, -0.2) is 64.2 Å². The highest BCUT2D eigenvalue weighted by Crippen LogP contribution is 2.34. The number of rotatable bonds is 7. The molecule has 0 radical (unpaired) electrons. The summed E-state index contributed by atoms with van der Waals surface area (Å²) in [5.74, 6) is 5.18. The number of cyclic esters (lactones) is 1. The van der Waals surface area contributed by atoms with Gasteiger partial charge >= 0.3 is 12.1 Å². The third-order valence-corrected chi connectivity index (χ3v) is 6.72. The molecule has 0 unspecified atom stereocenters. The number of benzene rings is 2. The number of carbonyl (C=O) groups is 2. The Kier molecular flexibility index (Phi) is 8.51. The van der Waals surface area contributed by atoms with Gasteiger partial charge in [0.05, 0.1) is 18.3 Å². The smallest absolute Gasteiger partial charge is 0.416 e. The lowest BCUT2D eigenvalue weighted by Crippen LogP contribution is -2.42. The summed E-state index contributed by atoms with van der Waals surface area (Å²) in [7, 11) is 0. The van der Waals surface area contributed by atoms with Gasteiger partial charge in [0.15, 0.2) is 5.65 Å². The fourth-order valence-corrected chi connectivity index (χ4v) is 4.47. The van der Waals surface area contributed by atoms with E-state index in [4.69, 9.17) is 4.74 Å². The number of aryl methyl sites for hydroxylation is 1. The number of nitrogens with zero attached hydrogens (tertiary/aromatic N) is 4. The second kappa shape index (κ2) is 12.4. The first-order valence-electron chi connectivity index (χ1n) is 13.2. The van der Waals surface area contributed by atoms with E-state index in [9.17, 15) is 22.8 Å². The van der Waals surface area contributed by atoms with E-state index in [1.54, 1.807) is 47.2 Å². The number of hydrogen-bond donors (Lipinski definition) is 2. The van der Waals surface area contributed by atoms with Gasteiger partial charge in [0.2, 0.25) is 0 Å². The Labute approximate surface area is 239 Å². The Morgan fingerprint density at radius 1 is 1.14 bits per heavy atom. The van der Waals surface area contributed by atoms with E-state index < -0.39 is 17.6 Å². The Morgan fingerprint density at radius 2 is 2.00 bits per heavy atom. The summed E-state index contributed by atoms with van der Waals surface area (Å²) in [4.78, 5) is 30.5. The van der Waals surface area contributed by atoms with Crippen LogP contribution in [0.3, 0.4) is 0 Å². The van der Waals surface area contributed by atoms with Crippen molar-refractivity contribution in [2.75, 3.05) is 38.1 Å². The van der Waals surface area contributed by atoms with E-state index in [-0.39, 0.29) is 35.9 Å². The van der Waals surface area contributed by atoms with Crippen LogP contribution in [0.2, 0.25) is 0 Å². The van der Waals surface area contributed by atoms with Crippen molar-refractivity contribution < 1.29 is 27.5 Å². The average Bonchev–Trinajstić information content (AvgIpc) is 3.38. The van der Waals surface area contributed by atoms with Gasteiger partial charge in [-0.25, -0.2) is 9.50 Å². The minimum absolute atomic E-state index is 0.0212. The fraction of sp³-hybridized carbons (Fsp3) is 0.267. The highest BCUT2D eigenvalue weighted by Gasteiger charge is 2.33. The average molecular weight is 577 g/mol. The number of morpholine rings is 1. The summed E-state index contributed by atoms with van der Waals surface area (Å²) in [6, 6.07) is 12.2. The first-order valence-corrected chi connectivity index (χ1v) is 13.2. The molecule has 1 aliphatic heterocycles. The van der Waals surface area contributed by atoms with Gasteiger partial charge in [0, 0.05) is 49.2 Å². The van der Waals surface area contributed by atoms with Crippen molar-refractivity contribution in [2.24, 2.45) is 0 Å². The number of nitrogens with one attached hydrogen (secondary N) is 2. The number of fused-ring (bicyclic) bond motifs is 1. The summed E-state index contributed by atoms with van der Waals surface area (Å²) < 4.78 is 48.2. The van der Waals surface area contributed by atoms with E-state index in [2.05, 4.69) is 32.6 Å². The Balaban J connectivity index is 1.26. The molecule has 4 aromatic rings. The molecule has 1 saturated heterocycles. The number of halogens is 3. The Bertz CT molecular complexity index is 1690. The highest BCUT2D eigenvalue weighted by atomic mass is 19.4. The van der Waals surface area contributed by atoms with Crippen LogP contribution in [0.15, 0.2) is 60.9 Å². The maximum Gasteiger partial charge on any atom is 0.416 e. The molecule has 1 aliphatic rings. The molecule has 2 N–H and O–H groups in total. The van der Waals surface area contributed by atoms with Gasteiger partial charge in [-0.15, -0.1) is 0 Å². The van der Waals surface area contributed by atoms with Crippen molar-refractivity contribution in [3.63, 3.8) is 0 Å². The number of aromatic nitrogens is 3. The van der Waals surface area contributed by atoms with E-state index in [1.165, 1.54) is 12.1 Å². The third kappa shape index (κ3) is 6.94. The molecule has 0 aliphatic carbocycles. The minimum Gasteiger partial charge on any atom is -0.463 e. The van der Waals surface area contributed by atoms with E-state index in [1.807, 2.05) is 11.8 Å². The molecule has 0 spiro atoms. The summed E-state index contributed by atoms with van der Waals surface area (Å²) in [6.45, 7) is 3.79. The lowest BCUT2D eigenvalue weighted by molar-refractivity contribution is -0.150. The summed E-state index contributed by atoms with van der Waals surface area (Å²) in [6.07, 6.45) is -1.39. The molecular weight excluding hydrogens is 549 g/mol. The van der Waals surface area contributed by atoms with Gasteiger partial charge in [0.25, 0.3) is 5.91 Å². The monoisotopic (exact) mass is 576 g/mol. The zero-order chi connectivity index (χ0) is 29.7. The van der Waals surface area contributed by atoms with Crippen LogP contribution in [0.1, 0.15) is 38.3 Å². The van der Waals surface area contributed by atoms with Crippen molar-refractivity contribution in [1.29, 1.82) is 0 Å². The number of anilines is 1. The first kappa shape index (κ1) is 28.8. The summed E-state index contributed by atoms with van der Waals surface area (Å²) in [5.41, 5.74) is 2.13. The fourth-order valence-electron chi connectivity index (χ4n) is 4.47. The predicted octanol–water partition coefficient (Wildman–Crippen LogP) is 3.66. The number of ether oxygens (including phenoxy) is 1. The normalized spacial score (nSPS) is 13.9. The molecule has 0 bridgehead atoms. The largest absolute Gasteiger partial charge is 0.463 e. The second-order valence-electron chi connectivity index (χ2n) is 9.71. The number of hydrogen-bond acceptors (Lipinski definition) is 7. The van der Waals surface area contributed by atoms with E-state index >= 15 is 0 Å². The number of carbonyl (C=O) groups excluding carboxylic acids is 2. The molecule has 1 fully saturated rings. The van der Waals surface area contributed by atoms with Crippen LogP contribution >= 0.6 is 0 Å². The molecule has 0 atom stereocenters. The van der Waals surface area contributed by atoms with Crippen molar-refractivity contribution in [3.8, 4) is 11.8 Å². The van der Waals surface area contributed by atoms with Gasteiger partial charge < -0.3 is 15.4 Å². The zero-order valence-electron chi connectivity index (χ0n) is 22.7. The van der Waals surface area contributed by atoms with E-state index in [0.29, 0.717) is 43.1 Å². The molecule has 12 heteroatoms. The maximum atomic E-state index is 13.9. The van der Waals surface area contributed by atoms with Crippen molar-refractivity contribution in [2.45, 2.75) is 19.6 Å². The summed E-state index contributed by atoms with van der Waals surface area (Å²) in [5, 5.41) is 9.80. The lowest BCUT2D eigenvalue weighted by Gasteiger charge is -2.25. The SMILES string of the molecule is Cc1ccc(C(=O)Nc2ccc(CNCCN3CCOC(=O)C3)c(C(F)(F)F)c2)cc1C#Cc1cnc2cccnn12. The number of alkyl halides is 3. The van der Waals surface area contributed by atoms with Crippen LogP contribution in [0, 0.1) is 18.8 Å². The third-order valence-electron chi connectivity index (χ3n) is 6.72. The number of esters is 1. The van der Waals surface area contributed by atoms with Gasteiger partial charge in [-0.2, -0.15) is 18.3 Å². The van der Waals surface area contributed by atoms with Crippen LogP contribution in [-0.2, 0) is 22.3 Å². The molecule has 5 rings (SSSR count). The Morgan fingerprint density at radius 3 is 2.81 bits per heavy atom. The van der Waals surface area contributed by atoms with Gasteiger partial charge in [-0.1, -0.05) is 18.1 Å². The van der Waals surface area contributed by atoms with E-state index in [0.717, 1.165) is 11.6 Å². The van der Waals surface area contributed by atoms with Gasteiger partial charge in [-0.05, 0) is 60.4 Å². The lowest BCUT2D eigenvalue weighted by atomic mass is 10.0. The molecule has 1 amide bonds.